The van der Waals surface area contributed by atoms with Gasteiger partial charge in [0.05, 0.1) is 24.4 Å². The summed E-state index contributed by atoms with van der Waals surface area (Å²) in [5.41, 5.74) is 2.38. The van der Waals surface area contributed by atoms with Crippen molar-refractivity contribution in [3.8, 4) is 17.3 Å². The average Bonchev–Trinajstić information content (AvgIpc) is 3.12. The largest absolute Gasteiger partial charge is 0.480 e. The molecule has 1 aromatic carbocycles. The molecule has 2 atom stereocenters. The van der Waals surface area contributed by atoms with Crippen LogP contribution in [0, 0.1) is 5.82 Å². The van der Waals surface area contributed by atoms with Gasteiger partial charge >= 0.3 is 0 Å². The molecule has 4 aromatic rings. The molecule has 0 bridgehead atoms. The van der Waals surface area contributed by atoms with Crippen molar-refractivity contribution in [3.63, 3.8) is 0 Å². The van der Waals surface area contributed by atoms with Crippen molar-refractivity contribution < 1.29 is 9.13 Å². The number of fused-ring (bicyclic) bond motifs is 2. The number of piperazine rings is 1. The Morgan fingerprint density at radius 1 is 1.13 bits per heavy atom. The number of anilines is 1. The van der Waals surface area contributed by atoms with Crippen molar-refractivity contribution in [1.29, 1.82) is 0 Å². The highest BCUT2D eigenvalue weighted by Gasteiger charge is 2.22. The maximum absolute atomic E-state index is 14.6. The molecule has 0 spiro atoms. The number of nitrogens with zero attached hydrogens (tertiary/aromatic N) is 6. The molecule has 0 amide bonds. The van der Waals surface area contributed by atoms with Crippen molar-refractivity contribution in [1.82, 2.24) is 30.0 Å². The van der Waals surface area contributed by atoms with E-state index in [1.807, 2.05) is 18.3 Å². The molecular weight excluding hydrogens is 397 g/mol. The molecule has 1 fully saturated rings. The summed E-state index contributed by atoms with van der Waals surface area (Å²) in [6.07, 6.45) is 3.59. The molecule has 8 nitrogen and oxygen atoms in total. The van der Waals surface area contributed by atoms with Gasteiger partial charge in [0.2, 0.25) is 5.88 Å². The topological polar surface area (TPSA) is 81.0 Å². The Morgan fingerprint density at radius 2 is 1.90 bits per heavy atom. The minimum absolute atomic E-state index is 0.321. The SMILES string of the molecule is COc1nc(-c2cc(F)c3nn(C)cc3c2)nc2ncc(N3C[C@@H](C)N[C@@H](C)C3)cc12. The Bertz CT molecular complexity index is 1280. The molecule has 1 aliphatic rings. The van der Waals surface area contributed by atoms with Crippen molar-refractivity contribution in [2.45, 2.75) is 25.9 Å². The van der Waals surface area contributed by atoms with Crippen LogP contribution in [0.5, 0.6) is 5.88 Å². The molecule has 0 unspecified atom stereocenters. The number of halogens is 1. The van der Waals surface area contributed by atoms with Crippen molar-refractivity contribution >= 4 is 27.6 Å². The summed E-state index contributed by atoms with van der Waals surface area (Å²) in [6.45, 7) is 6.13. The Labute approximate surface area is 179 Å². The maximum atomic E-state index is 14.6. The van der Waals surface area contributed by atoms with E-state index in [0.717, 1.165) is 24.2 Å². The summed E-state index contributed by atoms with van der Waals surface area (Å²) in [4.78, 5) is 16.0. The lowest BCUT2D eigenvalue weighted by molar-refractivity contribution is 0.402. The molecule has 0 saturated carbocycles. The quantitative estimate of drug-likeness (QED) is 0.545. The number of aromatic nitrogens is 5. The Balaban J connectivity index is 1.59. The summed E-state index contributed by atoms with van der Waals surface area (Å²) in [5.74, 6) is 0.358. The molecule has 4 heterocycles. The summed E-state index contributed by atoms with van der Waals surface area (Å²) in [6, 6.07) is 6.01. The van der Waals surface area contributed by atoms with E-state index >= 15 is 0 Å². The molecule has 1 N–H and O–H groups in total. The molecule has 9 heteroatoms. The predicted octanol–water partition coefficient (Wildman–Crippen LogP) is 2.91. The van der Waals surface area contributed by atoms with Crippen LogP contribution in [-0.4, -0.2) is 57.0 Å². The van der Waals surface area contributed by atoms with Gasteiger partial charge in [-0.25, -0.2) is 14.4 Å². The summed E-state index contributed by atoms with van der Waals surface area (Å²) in [5, 5.41) is 9.10. The van der Waals surface area contributed by atoms with Gasteiger partial charge in [0.25, 0.3) is 0 Å². The summed E-state index contributed by atoms with van der Waals surface area (Å²) in [7, 11) is 3.33. The van der Waals surface area contributed by atoms with Crippen LogP contribution in [0.3, 0.4) is 0 Å². The highest BCUT2D eigenvalue weighted by molar-refractivity contribution is 5.87. The molecule has 0 aliphatic carbocycles. The van der Waals surface area contributed by atoms with Gasteiger partial charge in [0, 0.05) is 49.4 Å². The second-order valence-electron chi connectivity index (χ2n) is 8.19. The van der Waals surface area contributed by atoms with E-state index in [-0.39, 0.29) is 0 Å². The number of aryl methyl sites for hydroxylation is 1. The van der Waals surface area contributed by atoms with E-state index in [9.17, 15) is 4.39 Å². The minimum atomic E-state index is -0.416. The molecule has 160 valence electrons. The van der Waals surface area contributed by atoms with Gasteiger partial charge in [-0.15, -0.1) is 0 Å². The minimum Gasteiger partial charge on any atom is -0.480 e. The van der Waals surface area contributed by atoms with Crippen LogP contribution < -0.4 is 15.0 Å². The first-order chi connectivity index (χ1) is 14.9. The molecule has 0 radical (unpaired) electrons. The van der Waals surface area contributed by atoms with Crippen LogP contribution in [0.1, 0.15) is 13.8 Å². The van der Waals surface area contributed by atoms with Gasteiger partial charge in [-0.05, 0) is 32.0 Å². The van der Waals surface area contributed by atoms with Crippen LogP contribution in [-0.2, 0) is 7.05 Å². The molecule has 1 aliphatic heterocycles. The van der Waals surface area contributed by atoms with Crippen LogP contribution in [0.2, 0.25) is 0 Å². The second kappa shape index (κ2) is 7.42. The number of ether oxygens (including phenoxy) is 1. The maximum Gasteiger partial charge on any atom is 0.226 e. The van der Waals surface area contributed by atoms with Crippen molar-refractivity contribution in [3.05, 3.63) is 36.4 Å². The van der Waals surface area contributed by atoms with Gasteiger partial charge in [-0.3, -0.25) is 4.68 Å². The standard InChI is InChI=1S/C22H24FN7O/c1-12-9-30(10-13(2)25-12)16-7-17-21(24-8-16)26-20(27-22(17)31-4)14-5-15-11-29(3)28-19(15)18(23)6-14/h5-8,11-13,25H,9-10H2,1-4H3/t12-,13+. The number of hydrogen-bond donors (Lipinski definition) is 1. The molecular formula is C22H24FN7O. The molecule has 5 rings (SSSR count). The van der Waals surface area contributed by atoms with Crippen LogP contribution in [0.4, 0.5) is 10.1 Å². The van der Waals surface area contributed by atoms with E-state index in [1.165, 1.54) is 6.07 Å². The average molecular weight is 421 g/mol. The zero-order valence-electron chi connectivity index (χ0n) is 17.9. The van der Waals surface area contributed by atoms with Crippen LogP contribution in [0.25, 0.3) is 33.3 Å². The zero-order chi connectivity index (χ0) is 21.7. The lowest BCUT2D eigenvalue weighted by Gasteiger charge is -2.37. The van der Waals surface area contributed by atoms with Crippen molar-refractivity contribution in [2.24, 2.45) is 7.05 Å². The van der Waals surface area contributed by atoms with E-state index in [1.54, 1.807) is 25.0 Å². The molecule has 3 aromatic heterocycles. The van der Waals surface area contributed by atoms with E-state index in [4.69, 9.17) is 4.74 Å². The zero-order valence-corrected chi connectivity index (χ0v) is 17.9. The molecule has 1 saturated heterocycles. The normalized spacial score (nSPS) is 19.3. The van der Waals surface area contributed by atoms with Gasteiger partial charge in [-0.2, -0.15) is 10.1 Å². The fourth-order valence-electron chi connectivity index (χ4n) is 4.31. The third-order valence-corrected chi connectivity index (χ3v) is 5.55. The highest BCUT2D eigenvalue weighted by atomic mass is 19.1. The van der Waals surface area contributed by atoms with E-state index in [2.05, 4.69) is 44.1 Å². The smallest absolute Gasteiger partial charge is 0.226 e. The fraction of sp³-hybridized carbons (Fsp3) is 0.364. The number of benzene rings is 1. The van der Waals surface area contributed by atoms with Crippen LogP contribution in [0.15, 0.2) is 30.6 Å². The second-order valence-corrected chi connectivity index (χ2v) is 8.19. The number of rotatable bonds is 3. The van der Waals surface area contributed by atoms with E-state index < -0.39 is 5.82 Å². The number of methoxy groups -OCH3 is 1. The first-order valence-corrected chi connectivity index (χ1v) is 10.3. The van der Waals surface area contributed by atoms with Crippen molar-refractivity contribution in [2.75, 3.05) is 25.1 Å². The monoisotopic (exact) mass is 421 g/mol. The number of pyridine rings is 1. The highest BCUT2D eigenvalue weighted by Crippen LogP contribution is 2.31. The first kappa shape index (κ1) is 19.6. The number of hydrogen-bond acceptors (Lipinski definition) is 7. The number of nitrogens with one attached hydrogen (secondary N) is 1. The lowest BCUT2D eigenvalue weighted by atomic mass is 10.1. The molecule has 31 heavy (non-hydrogen) atoms. The third kappa shape index (κ3) is 3.54. The van der Waals surface area contributed by atoms with Gasteiger partial charge in [-0.1, -0.05) is 0 Å². The predicted molar refractivity (Wildman–Crippen MR) is 118 cm³/mol. The van der Waals surface area contributed by atoms with Gasteiger partial charge in [0.1, 0.15) is 5.52 Å². The Morgan fingerprint density at radius 3 is 2.65 bits per heavy atom. The Hall–Kier alpha value is -3.33. The lowest BCUT2D eigenvalue weighted by Crippen LogP contribution is -2.54. The third-order valence-electron chi connectivity index (χ3n) is 5.55. The van der Waals surface area contributed by atoms with Crippen LogP contribution >= 0.6 is 0 Å². The van der Waals surface area contributed by atoms with Gasteiger partial charge in [0.15, 0.2) is 17.3 Å². The Kier molecular flexibility index (Phi) is 4.70. The van der Waals surface area contributed by atoms with E-state index in [0.29, 0.717) is 45.9 Å². The fourth-order valence-corrected chi connectivity index (χ4v) is 4.31. The summed E-state index contributed by atoms with van der Waals surface area (Å²) < 4.78 is 21.7. The summed E-state index contributed by atoms with van der Waals surface area (Å²) >= 11 is 0. The van der Waals surface area contributed by atoms with Gasteiger partial charge < -0.3 is 15.0 Å². The first-order valence-electron chi connectivity index (χ1n) is 10.3.